The van der Waals surface area contributed by atoms with Gasteiger partial charge < -0.3 is 15.6 Å². The largest absolute Gasteiger partial charge is 0.344 e. The summed E-state index contributed by atoms with van der Waals surface area (Å²) in [5.74, 6) is 0.0355. The molecule has 3 N–H and O–H groups in total. The van der Waals surface area contributed by atoms with Crippen molar-refractivity contribution in [2.24, 2.45) is 11.7 Å². The summed E-state index contributed by atoms with van der Waals surface area (Å²) in [6.07, 6.45) is 0.670. The SMILES string of the molecule is CC(C)C(N)CCN(C)C(=O)Cn1c(=O)[nH]c2ccccc2c1=O. The number of fused-ring (bicyclic) bond motifs is 1. The predicted molar refractivity (Wildman–Crippen MR) is 93.9 cm³/mol. The predicted octanol–water partition coefficient (Wildman–Crippen LogP) is 0.522. The van der Waals surface area contributed by atoms with Gasteiger partial charge in [-0.15, -0.1) is 0 Å². The van der Waals surface area contributed by atoms with Gasteiger partial charge in [0.2, 0.25) is 5.91 Å². The zero-order valence-corrected chi connectivity index (χ0v) is 14.3. The van der Waals surface area contributed by atoms with E-state index in [1.165, 1.54) is 4.90 Å². The van der Waals surface area contributed by atoms with Crippen LogP contribution in [-0.4, -0.2) is 40.0 Å². The van der Waals surface area contributed by atoms with Gasteiger partial charge >= 0.3 is 5.69 Å². The third kappa shape index (κ3) is 3.91. The van der Waals surface area contributed by atoms with Crippen molar-refractivity contribution in [2.75, 3.05) is 13.6 Å². The molecule has 2 rings (SSSR count). The Bertz CT molecular complexity index is 838. The molecule has 0 aliphatic heterocycles. The van der Waals surface area contributed by atoms with E-state index in [-0.39, 0.29) is 18.5 Å². The van der Waals surface area contributed by atoms with Crippen molar-refractivity contribution in [1.29, 1.82) is 0 Å². The molecule has 0 fully saturated rings. The Morgan fingerprint density at radius 2 is 1.96 bits per heavy atom. The quantitative estimate of drug-likeness (QED) is 0.805. The molecule has 1 amide bonds. The van der Waals surface area contributed by atoms with Gasteiger partial charge in [0.15, 0.2) is 0 Å². The Balaban J connectivity index is 2.16. The van der Waals surface area contributed by atoms with Gasteiger partial charge in [-0.2, -0.15) is 0 Å². The third-order valence-corrected chi connectivity index (χ3v) is 4.26. The number of carbonyl (C=O) groups excluding carboxylic acids is 1. The Kier molecular flexibility index (Phi) is 5.56. The molecule has 0 spiro atoms. The maximum absolute atomic E-state index is 12.4. The molecule has 1 unspecified atom stereocenters. The van der Waals surface area contributed by atoms with E-state index in [0.29, 0.717) is 29.8 Å². The average Bonchev–Trinajstić information content (AvgIpc) is 2.55. The summed E-state index contributed by atoms with van der Waals surface area (Å²) in [5.41, 5.74) is 5.40. The second kappa shape index (κ2) is 7.44. The van der Waals surface area contributed by atoms with Crippen LogP contribution in [-0.2, 0) is 11.3 Å². The number of amides is 1. The van der Waals surface area contributed by atoms with E-state index in [9.17, 15) is 14.4 Å². The van der Waals surface area contributed by atoms with Crippen molar-refractivity contribution >= 4 is 16.8 Å². The van der Waals surface area contributed by atoms with Crippen LogP contribution in [0.2, 0.25) is 0 Å². The van der Waals surface area contributed by atoms with Crippen LogP contribution in [0.1, 0.15) is 20.3 Å². The van der Waals surface area contributed by atoms with E-state index in [1.807, 2.05) is 13.8 Å². The Hall–Kier alpha value is -2.41. The standard InChI is InChI=1S/C17H24N4O3/c1-11(2)13(18)8-9-20(3)15(22)10-21-16(23)12-6-4-5-7-14(12)19-17(21)24/h4-7,11,13H,8-10,18H2,1-3H3,(H,19,24). The van der Waals surface area contributed by atoms with Crippen LogP contribution in [0, 0.1) is 5.92 Å². The molecule has 0 aliphatic carbocycles. The van der Waals surface area contributed by atoms with Crippen LogP contribution in [0.4, 0.5) is 0 Å². The highest BCUT2D eigenvalue weighted by atomic mass is 16.2. The van der Waals surface area contributed by atoms with E-state index in [2.05, 4.69) is 4.98 Å². The van der Waals surface area contributed by atoms with Gasteiger partial charge in [0.1, 0.15) is 6.54 Å². The Morgan fingerprint density at radius 3 is 2.62 bits per heavy atom. The number of rotatable bonds is 6. The van der Waals surface area contributed by atoms with Crippen molar-refractivity contribution in [3.8, 4) is 0 Å². The van der Waals surface area contributed by atoms with Gasteiger partial charge in [-0.1, -0.05) is 26.0 Å². The van der Waals surface area contributed by atoms with E-state index in [0.717, 1.165) is 4.57 Å². The zero-order chi connectivity index (χ0) is 17.9. The van der Waals surface area contributed by atoms with Gasteiger partial charge in [0.05, 0.1) is 10.9 Å². The molecule has 0 saturated heterocycles. The van der Waals surface area contributed by atoms with Gasteiger partial charge in [0, 0.05) is 19.6 Å². The molecule has 0 bridgehead atoms. The molecule has 1 aromatic heterocycles. The number of nitrogens with two attached hydrogens (primary N) is 1. The van der Waals surface area contributed by atoms with Crippen molar-refractivity contribution in [3.63, 3.8) is 0 Å². The lowest BCUT2D eigenvalue weighted by molar-refractivity contribution is -0.130. The molecule has 1 heterocycles. The third-order valence-electron chi connectivity index (χ3n) is 4.26. The molecule has 130 valence electrons. The molecule has 24 heavy (non-hydrogen) atoms. The first kappa shape index (κ1) is 17.9. The van der Waals surface area contributed by atoms with Crippen LogP contribution < -0.4 is 17.0 Å². The molecule has 1 aromatic carbocycles. The number of hydrogen-bond acceptors (Lipinski definition) is 4. The fourth-order valence-electron chi connectivity index (χ4n) is 2.40. The second-order valence-corrected chi connectivity index (χ2v) is 6.38. The van der Waals surface area contributed by atoms with Crippen LogP contribution in [0.5, 0.6) is 0 Å². The summed E-state index contributed by atoms with van der Waals surface area (Å²) >= 11 is 0. The number of nitrogens with one attached hydrogen (secondary N) is 1. The summed E-state index contributed by atoms with van der Waals surface area (Å²) in [4.78, 5) is 40.9. The smallest absolute Gasteiger partial charge is 0.329 e. The number of nitrogens with zero attached hydrogens (tertiary/aromatic N) is 2. The van der Waals surface area contributed by atoms with E-state index >= 15 is 0 Å². The van der Waals surface area contributed by atoms with Gasteiger partial charge in [0.25, 0.3) is 5.56 Å². The molecule has 7 nitrogen and oxygen atoms in total. The zero-order valence-electron chi connectivity index (χ0n) is 14.3. The van der Waals surface area contributed by atoms with Crippen LogP contribution in [0.3, 0.4) is 0 Å². The van der Waals surface area contributed by atoms with Crippen molar-refractivity contribution in [2.45, 2.75) is 32.9 Å². The molecule has 2 aromatic rings. The Labute approximate surface area is 140 Å². The molecule has 0 aliphatic rings. The summed E-state index contributed by atoms with van der Waals surface area (Å²) in [5, 5.41) is 0.384. The second-order valence-electron chi connectivity index (χ2n) is 6.38. The van der Waals surface area contributed by atoms with Gasteiger partial charge in [-0.3, -0.25) is 14.2 Å². The molecule has 0 saturated carbocycles. The number of carbonyl (C=O) groups is 1. The van der Waals surface area contributed by atoms with Crippen molar-refractivity contribution in [1.82, 2.24) is 14.5 Å². The average molecular weight is 332 g/mol. The number of para-hydroxylation sites is 1. The fraction of sp³-hybridized carbons (Fsp3) is 0.471. The molecular weight excluding hydrogens is 308 g/mol. The lowest BCUT2D eigenvalue weighted by Gasteiger charge is -2.21. The first-order chi connectivity index (χ1) is 11.3. The maximum atomic E-state index is 12.4. The van der Waals surface area contributed by atoms with Crippen LogP contribution in [0.15, 0.2) is 33.9 Å². The lowest BCUT2D eigenvalue weighted by Crippen LogP contribution is -2.42. The Morgan fingerprint density at radius 1 is 1.29 bits per heavy atom. The first-order valence-corrected chi connectivity index (χ1v) is 8.02. The fourth-order valence-corrected chi connectivity index (χ4v) is 2.40. The monoisotopic (exact) mass is 332 g/mol. The topological polar surface area (TPSA) is 101 Å². The number of aromatic nitrogens is 2. The van der Waals surface area contributed by atoms with Crippen LogP contribution in [0.25, 0.3) is 10.9 Å². The van der Waals surface area contributed by atoms with Crippen molar-refractivity contribution in [3.05, 3.63) is 45.1 Å². The maximum Gasteiger partial charge on any atom is 0.329 e. The lowest BCUT2D eigenvalue weighted by atomic mass is 10.0. The number of H-pyrrole nitrogens is 1. The minimum absolute atomic E-state index is 0.00652. The van der Waals surface area contributed by atoms with E-state index in [1.54, 1.807) is 31.3 Å². The normalized spacial score (nSPS) is 12.5. The first-order valence-electron chi connectivity index (χ1n) is 8.02. The highest BCUT2D eigenvalue weighted by Gasteiger charge is 2.16. The van der Waals surface area contributed by atoms with E-state index < -0.39 is 11.2 Å². The summed E-state index contributed by atoms with van der Waals surface area (Å²) < 4.78 is 0.934. The van der Waals surface area contributed by atoms with Gasteiger partial charge in [-0.05, 0) is 24.5 Å². The molecule has 7 heteroatoms. The summed E-state index contributed by atoms with van der Waals surface area (Å²) in [6, 6.07) is 6.74. The van der Waals surface area contributed by atoms with Gasteiger partial charge in [-0.25, -0.2) is 4.79 Å². The summed E-state index contributed by atoms with van der Waals surface area (Å²) in [7, 11) is 1.65. The number of hydrogen-bond donors (Lipinski definition) is 2. The molecule has 1 atom stereocenters. The van der Waals surface area contributed by atoms with E-state index in [4.69, 9.17) is 5.73 Å². The number of likely N-dealkylation sites (N-methyl/N-ethyl adjacent to an activating group) is 1. The molecule has 0 radical (unpaired) electrons. The van der Waals surface area contributed by atoms with Crippen molar-refractivity contribution < 1.29 is 4.79 Å². The minimum Gasteiger partial charge on any atom is -0.344 e. The van der Waals surface area contributed by atoms with Crippen LogP contribution >= 0.6 is 0 Å². The summed E-state index contributed by atoms with van der Waals surface area (Å²) in [6.45, 7) is 4.26. The number of benzene rings is 1. The highest BCUT2D eigenvalue weighted by Crippen LogP contribution is 2.05. The number of aromatic amines is 1. The highest BCUT2D eigenvalue weighted by molar-refractivity contribution is 5.78. The molecular formula is C17H24N4O3. The minimum atomic E-state index is -0.584.